The van der Waals surface area contributed by atoms with Crippen molar-refractivity contribution >= 4 is 0 Å². The SMILES string of the molecule is CCC(N)Cc1ccc(OC)cc1OC1CCOCC1. The molecule has 1 aliphatic rings. The molecule has 1 heterocycles. The summed E-state index contributed by atoms with van der Waals surface area (Å²) in [5.74, 6) is 1.72. The van der Waals surface area contributed by atoms with Crippen molar-refractivity contribution < 1.29 is 14.2 Å². The Morgan fingerprint density at radius 3 is 2.75 bits per heavy atom. The highest BCUT2D eigenvalue weighted by Gasteiger charge is 2.18. The van der Waals surface area contributed by atoms with E-state index in [9.17, 15) is 0 Å². The van der Waals surface area contributed by atoms with Crippen molar-refractivity contribution in [2.75, 3.05) is 20.3 Å². The Morgan fingerprint density at radius 2 is 2.10 bits per heavy atom. The molecule has 2 N–H and O–H groups in total. The van der Waals surface area contributed by atoms with Gasteiger partial charge in [0.2, 0.25) is 0 Å². The molecule has 0 aromatic heterocycles. The molecule has 112 valence electrons. The normalized spacial score (nSPS) is 17.8. The molecule has 0 radical (unpaired) electrons. The monoisotopic (exact) mass is 279 g/mol. The van der Waals surface area contributed by atoms with Gasteiger partial charge in [-0.2, -0.15) is 0 Å². The molecule has 1 atom stereocenters. The lowest BCUT2D eigenvalue weighted by molar-refractivity contribution is 0.0251. The molecule has 0 spiro atoms. The van der Waals surface area contributed by atoms with Crippen LogP contribution in [0.1, 0.15) is 31.7 Å². The summed E-state index contributed by atoms with van der Waals surface area (Å²) in [5.41, 5.74) is 7.23. The van der Waals surface area contributed by atoms with Crippen LogP contribution in [0.4, 0.5) is 0 Å². The van der Waals surface area contributed by atoms with E-state index >= 15 is 0 Å². The molecule has 0 amide bonds. The van der Waals surface area contributed by atoms with Gasteiger partial charge in [-0.1, -0.05) is 13.0 Å². The Kier molecular flexibility index (Phi) is 5.68. The maximum atomic E-state index is 6.16. The molecule has 0 aliphatic carbocycles. The molecule has 4 heteroatoms. The Labute approximate surface area is 121 Å². The summed E-state index contributed by atoms with van der Waals surface area (Å²) in [7, 11) is 1.67. The molecule has 1 aromatic rings. The topological polar surface area (TPSA) is 53.7 Å². The molecular weight excluding hydrogens is 254 g/mol. The lowest BCUT2D eigenvalue weighted by Crippen LogP contribution is -2.27. The predicted octanol–water partition coefficient (Wildman–Crippen LogP) is 2.53. The van der Waals surface area contributed by atoms with E-state index in [0.717, 1.165) is 56.0 Å². The summed E-state index contributed by atoms with van der Waals surface area (Å²) in [6.45, 7) is 3.66. The molecule has 0 saturated carbocycles. The first-order valence-electron chi connectivity index (χ1n) is 7.39. The molecule has 1 aromatic carbocycles. The Hall–Kier alpha value is -1.26. The van der Waals surface area contributed by atoms with E-state index in [1.807, 2.05) is 12.1 Å². The van der Waals surface area contributed by atoms with Crippen molar-refractivity contribution in [2.45, 2.75) is 44.8 Å². The van der Waals surface area contributed by atoms with Gasteiger partial charge in [0.15, 0.2) is 0 Å². The van der Waals surface area contributed by atoms with Crippen molar-refractivity contribution in [2.24, 2.45) is 5.73 Å². The van der Waals surface area contributed by atoms with Crippen LogP contribution in [0.3, 0.4) is 0 Å². The van der Waals surface area contributed by atoms with Crippen LogP contribution in [0.25, 0.3) is 0 Å². The average Bonchev–Trinajstić information content (AvgIpc) is 2.49. The minimum atomic E-state index is 0.167. The maximum Gasteiger partial charge on any atom is 0.126 e. The van der Waals surface area contributed by atoms with Gasteiger partial charge in [-0.15, -0.1) is 0 Å². The summed E-state index contributed by atoms with van der Waals surface area (Å²) in [5, 5.41) is 0. The van der Waals surface area contributed by atoms with Gasteiger partial charge in [-0.3, -0.25) is 0 Å². The lowest BCUT2D eigenvalue weighted by atomic mass is 10.0. The molecule has 1 aliphatic heterocycles. The molecule has 4 nitrogen and oxygen atoms in total. The number of hydrogen-bond acceptors (Lipinski definition) is 4. The lowest BCUT2D eigenvalue weighted by Gasteiger charge is -2.25. The first-order chi connectivity index (χ1) is 9.72. The van der Waals surface area contributed by atoms with E-state index in [2.05, 4.69) is 13.0 Å². The van der Waals surface area contributed by atoms with Crippen LogP contribution < -0.4 is 15.2 Å². The highest BCUT2D eigenvalue weighted by atomic mass is 16.5. The van der Waals surface area contributed by atoms with Crippen molar-refractivity contribution in [3.05, 3.63) is 23.8 Å². The largest absolute Gasteiger partial charge is 0.497 e. The van der Waals surface area contributed by atoms with E-state index in [0.29, 0.717) is 0 Å². The first kappa shape index (κ1) is 15.1. The van der Waals surface area contributed by atoms with Crippen LogP contribution in [0.2, 0.25) is 0 Å². The zero-order chi connectivity index (χ0) is 14.4. The summed E-state index contributed by atoms with van der Waals surface area (Å²) in [6.07, 6.45) is 3.90. The standard InChI is InChI=1S/C16H25NO3/c1-3-13(17)10-12-4-5-15(18-2)11-16(12)20-14-6-8-19-9-7-14/h4-5,11,13-14H,3,6-10,17H2,1-2H3. The number of rotatable bonds is 6. The Bertz CT molecular complexity index is 416. The molecule has 1 unspecified atom stereocenters. The number of ether oxygens (including phenoxy) is 3. The van der Waals surface area contributed by atoms with Gasteiger partial charge in [0.1, 0.15) is 17.6 Å². The molecule has 0 bridgehead atoms. The van der Waals surface area contributed by atoms with Crippen LogP contribution in [0.15, 0.2) is 18.2 Å². The van der Waals surface area contributed by atoms with Crippen LogP contribution in [-0.4, -0.2) is 32.5 Å². The molecule has 1 fully saturated rings. The summed E-state index contributed by atoms with van der Waals surface area (Å²) >= 11 is 0. The quantitative estimate of drug-likeness (QED) is 0.869. The zero-order valence-electron chi connectivity index (χ0n) is 12.4. The first-order valence-corrected chi connectivity index (χ1v) is 7.39. The fraction of sp³-hybridized carbons (Fsp3) is 0.625. The van der Waals surface area contributed by atoms with E-state index in [4.69, 9.17) is 19.9 Å². The average molecular weight is 279 g/mol. The maximum absolute atomic E-state index is 6.16. The second-order valence-electron chi connectivity index (χ2n) is 5.28. The van der Waals surface area contributed by atoms with Crippen molar-refractivity contribution in [1.82, 2.24) is 0 Å². The van der Waals surface area contributed by atoms with Gasteiger partial charge < -0.3 is 19.9 Å². The fourth-order valence-electron chi connectivity index (χ4n) is 2.34. The van der Waals surface area contributed by atoms with Crippen LogP contribution in [0, 0.1) is 0 Å². The minimum absolute atomic E-state index is 0.167. The third-order valence-electron chi connectivity index (χ3n) is 3.74. The molecule has 2 rings (SSSR count). The van der Waals surface area contributed by atoms with E-state index < -0.39 is 0 Å². The van der Waals surface area contributed by atoms with E-state index in [1.54, 1.807) is 7.11 Å². The van der Waals surface area contributed by atoms with Crippen molar-refractivity contribution in [3.8, 4) is 11.5 Å². The third-order valence-corrected chi connectivity index (χ3v) is 3.74. The van der Waals surface area contributed by atoms with Gasteiger partial charge in [0.25, 0.3) is 0 Å². The number of benzene rings is 1. The van der Waals surface area contributed by atoms with Crippen LogP contribution >= 0.6 is 0 Å². The second kappa shape index (κ2) is 7.50. The number of hydrogen-bond donors (Lipinski definition) is 1. The smallest absolute Gasteiger partial charge is 0.126 e. The van der Waals surface area contributed by atoms with Gasteiger partial charge >= 0.3 is 0 Å². The number of nitrogens with two attached hydrogens (primary N) is 1. The molecule has 20 heavy (non-hydrogen) atoms. The summed E-state index contributed by atoms with van der Waals surface area (Å²) in [6, 6.07) is 6.16. The highest BCUT2D eigenvalue weighted by molar-refractivity contribution is 5.41. The highest BCUT2D eigenvalue weighted by Crippen LogP contribution is 2.28. The van der Waals surface area contributed by atoms with Crippen molar-refractivity contribution in [1.29, 1.82) is 0 Å². The second-order valence-corrected chi connectivity index (χ2v) is 5.28. The van der Waals surface area contributed by atoms with Gasteiger partial charge in [-0.25, -0.2) is 0 Å². The van der Waals surface area contributed by atoms with E-state index in [-0.39, 0.29) is 12.1 Å². The van der Waals surface area contributed by atoms with E-state index in [1.165, 1.54) is 0 Å². The van der Waals surface area contributed by atoms with Gasteiger partial charge in [-0.05, 0) is 24.5 Å². The van der Waals surface area contributed by atoms with Gasteiger partial charge in [0.05, 0.1) is 20.3 Å². The molecular formula is C16H25NO3. The van der Waals surface area contributed by atoms with Crippen LogP contribution in [0.5, 0.6) is 11.5 Å². The minimum Gasteiger partial charge on any atom is -0.497 e. The third kappa shape index (κ3) is 4.12. The Morgan fingerprint density at radius 1 is 1.35 bits per heavy atom. The molecule has 1 saturated heterocycles. The zero-order valence-corrected chi connectivity index (χ0v) is 12.4. The summed E-state index contributed by atoms with van der Waals surface area (Å²) in [4.78, 5) is 0. The van der Waals surface area contributed by atoms with Crippen LogP contribution in [-0.2, 0) is 11.2 Å². The Balaban J connectivity index is 2.13. The van der Waals surface area contributed by atoms with Gasteiger partial charge in [0, 0.05) is 24.9 Å². The van der Waals surface area contributed by atoms with Crippen molar-refractivity contribution in [3.63, 3.8) is 0 Å². The summed E-state index contributed by atoms with van der Waals surface area (Å²) < 4.78 is 16.8. The fourth-order valence-corrected chi connectivity index (χ4v) is 2.34. The number of methoxy groups -OCH3 is 1. The predicted molar refractivity (Wildman–Crippen MR) is 79.4 cm³/mol.